The van der Waals surface area contributed by atoms with Crippen LogP contribution in [0.4, 0.5) is 5.00 Å². The van der Waals surface area contributed by atoms with E-state index in [1.165, 1.54) is 27.2 Å². The van der Waals surface area contributed by atoms with E-state index >= 15 is 0 Å². The van der Waals surface area contributed by atoms with Gasteiger partial charge in [0, 0.05) is 22.4 Å². The number of aromatic nitrogens is 2. The van der Waals surface area contributed by atoms with Crippen molar-refractivity contribution >= 4 is 72.8 Å². The van der Waals surface area contributed by atoms with Crippen molar-refractivity contribution in [3.63, 3.8) is 0 Å². The van der Waals surface area contributed by atoms with Gasteiger partial charge in [0.05, 0.1) is 16.7 Å². The Morgan fingerprint density at radius 2 is 2.10 bits per heavy atom. The molecule has 7 nitrogen and oxygen atoms in total. The van der Waals surface area contributed by atoms with Gasteiger partial charge in [0.2, 0.25) is 5.91 Å². The Balaban J connectivity index is 1.61. The summed E-state index contributed by atoms with van der Waals surface area (Å²) in [7, 11) is 0. The average molecular weight is 489 g/mol. The van der Waals surface area contributed by atoms with Gasteiger partial charge < -0.3 is 11.1 Å². The zero-order valence-corrected chi connectivity index (χ0v) is 19.3. The summed E-state index contributed by atoms with van der Waals surface area (Å²) in [5.41, 5.74) is 6.30. The number of anilines is 1. The lowest BCUT2D eigenvalue weighted by Crippen LogP contribution is -2.23. The van der Waals surface area contributed by atoms with Crippen molar-refractivity contribution in [3.8, 4) is 10.4 Å². The molecule has 4 rings (SSSR count). The largest absolute Gasteiger partial charge is 0.366 e. The molecule has 2 amide bonds. The van der Waals surface area contributed by atoms with Gasteiger partial charge in [0.1, 0.15) is 9.83 Å². The van der Waals surface area contributed by atoms with Crippen LogP contribution in [-0.2, 0) is 11.3 Å². The number of carbonyl (C=O) groups excluding carboxylic acids is 2. The van der Waals surface area contributed by atoms with Crippen LogP contribution in [0, 0.1) is 0 Å². The van der Waals surface area contributed by atoms with Crippen molar-refractivity contribution in [2.75, 3.05) is 11.1 Å². The van der Waals surface area contributed by atoms with E-state index in [1.54, 1.807) is 28.9 Å². The van der Waals surface area contributed by atoms with Gasteiger partial charge >= 0.3 is 0 Å². The highest BCUT2D eigenvalue weighted by Crippen LogP contribution is 2.34. The zero-order valence-electron chi connectivity index (χ0n) is 16.0. The van der Waals surface area contributed by atoms with Crippen LogP contribution in [-0.4, -0.2) is 27.1 Å². The van der Waals surface area contributed by atoms with E-state index < -0.39 is 5.91 Å². The Hall–Kier alpha value is -2.73. The second kappa shape index (κ2) is 9.18. The highest BCUT2D eigenvalue weighted by molar-refractivity contribution is 7.99. The molecule has 0 unspecified atom stereocenters. The number of carbonyl (C=O) groups is 2. The van der Waals surface area contributed by atoms with Gasteiger partial charge in [-0.25, -0.2) is 4.98 Å². The topological polar surface area (TPSA) is 107 Å². The number of thiophene rings is 3. The number of hydrogen-bond acceptors (Lipinski definition) is 8. The molecule has 0 aliphatic rings. The molecule has 0 aromatic carbocycles. The first kappa shape index (κ1) is 21.5. The first-order valence-corrected chi connectivity index (χ1v) is 12.6. The van der Waals surface area contributed by atoms with E-state index in [0.717, 1.165) is 22.2 Å². The van der Waals surface area contributed by atoms with Gasteiger partial charge in [-0.2, -0.15) is 0 Å². The predicted octanol–water partition coefficient (Wildman–Crippen LogP) is 4.26. The molecule has 0 saturated carbocycles. The number of allylic oxidation sites excluding steroid dienone is 1. The fraction of sp³-hybridized carbons (Fsp3) is 0.100. The van der Waals surface area contributed by atoms with Crippen LogP contribution in [0.25, 0.3) is 20.7 Å². The molecule has 4 aromatic heterocycles. The summed E-state index contributed by atoms with van der Waals surface area (Å²) in [6.45, 7) is 4.02. The maximum absolute atomic E-state index is 13.3. The summed E-state index contributed by atoms with van der Waals surface area (Å²) in [5.74, 6) is -0.899. The number of rotatable bonds is 8. The van der Waals surface area contributed by atoms with E-state index in [2.05, 4.69) is 16.9 Å². The van der Waals surface area contributed by atoms with Crippen molar-refractivity contribution < 1.29 is 9.59 Å². The standard InChI is InChI=1S/C20H16N4O3S4/c1-2-6-24-19(27)15-12(13-4-3-7-28-13)9-30-18(15)23-20(24)31-10-14(25)22-17-11(16(21)26)5-8-29-17/h2-5,7-9H,1,6,10H2,(H2,21,26)(H,22,25). The van der Waals surface area contributed by atoms with Crippen molar-refractivity contribution in [1.29, 1.82) is 0 Å². The highest BCUT2D eigenvalue weighted by Gasteiger charge is 2.19. The fourth-order valence-corrected chi connectivity index (χ4v) is 6.33. The first-order chi connectivity index (χ1) is 15.0. The van der Waals surface area contributed by atoms with E-state index in [0.29, 0.717) is 20.4 Å². The molecule has 4 aromatic rings. The number of thioether (sulfide) groups is 1. The number of amides is 2. The second-order valence-corrected chi connectivity index (χ2v) is 9.93. The molecule has 0 fully saturated rings. The molecule has 4 heterocycles. The summed E-state index contributed by atoms with van der Waals surface area (Å²) >= 11 is 5.35. The molecule has 3 N–H and O–H groups in total. The summed E-state index contributed by atoms with van der Waals surface area (Å²) in [6.07, 6.45) is 1.63. The Labute approximate surface area is 193 Å². The van der Waals surface area contributed by atoms with Gasteiger partial charge in [-0.05, 0) is 22.9 Å². The van der Waals surface area contributed by atoms with Crippen LogP contribution >= 0.6 is 45.8 Å². The summed E-state index contributed by atoms with van der Waals surface area (Å²) in [5, 5.41) is 9.70. The van der Waals surface area contributed by atoms with Gasteiger partial charge in [-0.1, -0.05) is 23.9 Å². The number of nitrogens with zero attached hydrogens (tertiary/aromatic N) is 2. The van der Waals surface area contributed by atoms with Gasteiger partial charge in [0.25, 0.3) is 11.5 Å². The summed E-state index contributed by atoms with van der Waals surface area (Å²) in [6, 6.07) is 5.48. The molecule has 0 spiro atoms. The smallest absolute Gasteiger partial charge is 0.263 e. The number of nitrogens with one attached hydrogen (secondary N) is 1. The molecule has 11 heteroatoms. The van der Waals surface area contributed by atoms with Gasteiger partial charge in [0.15, 0.2) is 5.16 Å². The Kier molecular flexibility index (Phi) is 6.37. The fourth-order valence-electron chi connectivity index (χ4n) is 2.91. The van der Waals surface area contributed by atoms with Crippen LogP contribution in [0.3, 0.4) is 0 Å². The highest BCUT2D eigenvalue weighted by atomic mass is 32.2. The number of nitrogens with two attached hydrogens (primary N) is 1. The van der Waals surface area contributed by atoms with Crippen molar-refractivity contribution in [1.82, 2.24) is 9.55 Å². The van der Waals surface area contributed by atoms with Gasteiger partial charge in [-0.3, -0.25) is 19.0 Å². The van der Waals surface area contributed by atoms with Crippen LogP contribution in [0.5, 0.6) is 0 Å². The minimum atomic E-state index is -0.601. The molecule has 0 atom stereocenters. The first-order valence-electron chi connectivity index (χ1n) is 8.96. The molecule has 31 heavy (non-hydrogen) atoms. The maximum Gasteiger partial charge on any atom is 0.263 e. The lowest BCUT2D eigenvalue weighted by molar-refractivity contribution is -0.113. The van der Waals surface area contributed by atoms with Crippen molar-refractivity contribution in [2.24, 2.45) is 5.73 Å². The lowest BCUT2D eigenvalue weighted by atomic mass is 10.2. The molecule has 158 valence electrons. The van der Waals surface area contributed by atoms with E-state index in [4.69, 9.17) is 5.73 Å². The number of fused-ring (bicyclic) bond motifs is 1. The van der Waals surface area contributed by atoms with E-state index in [1.807, 2.05) is 22.9 Å². The third kappa shape index (κ3) is 4.35. The normalized spacial score (nSPS) is 11.0. The van der Waals surface area contributed by atoms with E-state index in [-0.39, 0.29) is 29.3 Å². The van der Waals surface area contributed by atoms with Crippen molar-refractivity contribution in [3.05, 3.63) is 62.9 Å². The quantitative estimate of drug-likeness (QED) is 0.219. The van der Waals surface area contributed by atoms with Crippen molar-refractivity contribution in [2.45, 2.75) is 11.7 Å². The van der Waals surface area contributed by atoms with E-state index in [9.17, 15) is 14.4 Å². The van der Waals surface area contributed by atoms with Crippen LogP contribution in [0.15, 0.2) is 56.9 Å². The van der Waals surface area contributed by atoms with Gasteiger partial charge in [-0.15, -0.1) is 40.6 Å². The van der Waals surface area contributed by atoms with Crippen LogP contribution < -0.4 is 16.6 Å². The number of primary amides is 1. The maximum atomic E-state index is 13.3. The molecule has 0 saturated heterocycles. The molecule has 0 bridgehead atoms. The minimum absolute atomic E-state index is 0.0222. The SMILES string of the molecule is C=CCn1c(SCC(=O)Nc2sccc2C(N)=O)nc2scc(-c3cccs3)c2c1=O. The van der Waals surface area contributed by atoms with Crippen LogP contribution in [0.1, 0.15) is 10.4 Å². The summed E-state index contributed by atoms with van der Waals surface area (Å²) in [4.78, 5) is 43.4. The Morgan fingerprint density at radius 1 is 1.26 bits per heavy atom. The Bertz CT molecular complexity index is 1330. The second-order valence-electron chi connectivity index (χ2n) is 6.27. The molecular weight excluding hydrogens is 473 g/mol. The van der Waals surface area contributed by atoms with Crippen LogP contribution in [0.2, 0.25) is 0 Å². The zero-order chi connectivity index (χ0) is 22.0. The molecule has 0 aliphatic carbocycles. The summed E-state index contributed by atoms with van der Waals surface area (Å²) < 4.78 is 1.52. The molecule has 0 radical (unpaired) electrons. The Morgan fingerprint density at radius 3 is 2.81 bits per heavy atom. The minimum Gasteiger partial charge on any atom is -0.366 e. The third-order valence-electron chi connectivity index (χ3n) is 4.27. The number of hydrogen-bond donors (Lipinski definition) is 2. The molecule has 0 aliphatic heterocycles. The molecular formula is C20H16N4O3S4. The predicted molar refractivity (Wildman–Crippen MR) is 130 cm³/mol. The average Bonchev–Trinajstić information content (AvgIpc) is 3.48. The third-order valence-corrected chi connectivity index (χ3v) is 7.85. The monoisotopic (exact) mass is 488 g/mol. The lowest BCUT2D eigenvalue weighted by Gasteiger charge is -2.10.